The fraction of sp³-hybridized carbons (Fsp3) is 0.636. The number of unbranched alkanes of at least 4 members (excludes halogenated alkanes) is 3. The van der Waals surface area contributed by atoms with Gasteiger partial charge in [0.2, 0.25) is 82.7 Å². The highest BCUT2D eigenvalue weighted by Crippen LogP contribution is 2.34. The summed E-state index contributed by atoms with van der Waals surface area (Å²) >= 11 is 17.2. The average molecular weight is 2080 g/mol. The number of hydrogen-bond acceptors (Lipinski definition) is 29. The number of nitrogens with two attached hydrogens (primary N) is 3. The maximum atomic E-state index is 14.5. The molecule has 41 nitrogen and oxygen atoms in total. The number of hydrogen-bond donors (Lipinski definition) is 18. The number of thiol groups is 4. The van der Waals surface area contributed by atoms with E-state index < -0.39 is 234 Å². The predicted molar refractivity (Wildman–Crippen MR) is 547 cm³/mol. The van der Waals surface area contributed by atoms with E-state index >= 15 is 0 Å². The molecule has 15 amide bonds. The average Bonchev–Trinajstić information content (AvgIpc) is 1.60. The number of Topliss-reactive ketones (excluding diaryl/α,β-unsaturated/α-hetero) is 4. The summed E-state index contributed by atoms with van der Waals surface area (Å²) in [6, 6.07) is -0.173. The van der Waals surface area contributed by atoms with Gasteiger partial charge in [-0.1, -0.05) is 74.2 Å². The molecule has 7 heterocycles. The molecule has 0 radical (unpaired) electrons. The van der Waals surface area contributed by atoms with Gasteiger partial charge >= 0.3 is 5.97 Å². The van der Waals surface area contributed by atoms with Gasteiger partial charge in [0.15, 0.2) is 29.7 Å². The van der Waals surface area contributed by atoms with E-state index in [0.717, 1.165) is 33.2 Å². The fourth-order valence-corrected chi connectivity index (χ4v) is 20.5. The number of ketones is 4. The number of nitrogens with zero attached hydrogens (tertiary/aromatic N) is 6. The molecule has 2 aromatic carbocycles. The van der Waals surface area contributed by atoms with Crippen molar-refractivity contribution in [3.8, 4) is 0 Å². The van der Waals surface area contributed by atoms with Crippen molar-refractivity contribution in [2.45, 2.75) is 271 Å². The maximum absolute atomic E-state index is 14.5. The molecule has 6 aliphatic heterocycles. The van der Waals surface area contributed by atoms with Crippen LogP contribution < -0.4 is 65.1 Å². The van der Waals surface area contributed by atoms with Crippen molar-refractivity contribution >= 4 is 185 Å². The monoisotopic (exact) mass is 2080 g/mol. The van der Waals surface area contributed by atoms with Gasteiger partial charge in [-0.3, -0.25) is 91.1 Å². The van der Waals surface area contributed by atoms with Crippen LogP contribution in [0.2, 0.25) is 0 Å². The van der Waals surface area contributed by atoms with E-state index in [-0.39, 0.29) is 158 Å². The number of aliphatic hydroxyl groups excluding tert-OH is 1. The van der Waals surface area contributed by atoms with Crippen molar-refractivity contribution in [2.75, 3.05) is 110 Å². The van der Waals surface area contributed by atoms with Gasteiger partial charge in [0, 0.05) is 123 Å². The second-order valence-corrected chi connectivity index (χ2v) is 40.2. The van der Waals surface area contributed by atoms with Crippen LogP contribution in [0.15, 0.2) is 60.8 Å². The zero-order valence-corrected chi connectivity index (χ0v) is 86.2. The lowest BCUT2D eigenvalue weighted by Gasteiger charge is -2.30. The van der Waals surface area contributed by atoms with Gasteiger partial charge in [-0.05, 0) is 192 Å². The number of allylic oxidation sites excluding steroid dienone is 1. The SMILES string of the molecule is CN(C)CCCC[C@@H]1CC(=O)[C@H](CS)NC(=O)C[C@@H](C(=O)N2CCC[C@H]2C(N)=O)NC(=O)[C@H](CCCCNC(=O)[C@@H](N)CS)CC(=O)[C@@H]2CCCN2C(=O)COC(=O)[C@H](CC2=CCc3ccccc32)NC1=O.CN(C)CCCC[C@@H]1NC(=O)[C@H](CS)NC(=O)C[C@@H](C(=O)N2CCC[C@H]2C(N)=O)NC(=O)[C@@H](NC(=O)[C@@H]2CCCN2C(=O)CO)CCCCCC(=O)[C@H](CS)NC(=O)[C@H](Cc2c[nH]c3ccccc23)CC1=O. The lowest BCUT2D eigenvalue weighted by Crippen LogP contribution is -2.59. The minimum absolute atomic E-state index is 0.0109. The van der Waals surface area contributed by atoms with E-state index in [1.807, 2.05) is 92.6 Å². The van der Waals surface area contributed by atoms with Crippen LogP contribution in [0.25, 0.3) is 16.5 Å². The van der Waals surface area contributed by atoms with Crippen LogP contribution in [0.4, 0.5) is 0 Å². The molecule has 0 bridgehead atoms. The zero-order valence-electron chi connectivity index (χ0n) is 82.6. The lowest BCUT2D eigenvalue weighted by molar-refractivity contribution is -0.155. The number of aromatic amines is 1. The lowest BCUT2D eigenvalue weighted by atomic mass is 9.89. The van der Waals surface area contributed by atoms with Crippen molar-refractivity contribution in [2.24, 2.45) is 35.0 Å². The number of nitrogens with one attached hydrogen (secondary N) is 10. The number of cyclic esters (lactones) is 1. The topological polar surface area (TPSA) is 592 Å². The summed E-state index contributed by atoms with van der Waals surface area (Å²) in [5.41, 5.74) is 21.4. The Morgan fingerprint density at radius 2 is 1.04 bits per heavy atom. The summed E-state index contributed by atoms with van der Waals surface area (Å²) in [6.45, 7) is 0.638. The van der Waals surface area contributed by atoms with Crippen molar-refractivity contribution < 1.29 is 106 Å². The van der Waals surface area contributed by atoms with Gasteiger partial charge in [0.05, 0.1) is 43.1 Å². The third-order valence-electron chi connectivity index (χ3n) is 27.5. The Bertz CT molecular complexity index is 5080. The Kier molecular flexibility index (Phi) is 47.4. The van der Waals surface area contributed by atoms with Gasteiger partial charge in [-0.15, -0.1) is 0 Å². The van der Waals surface area contributed by atoms with Crippen LogP contribution in [0.1, 0.15) is 196 Å². The first-order valence-electron chi connectivity index (χ1n) is 50.0. The Morgan fingerprint density at radius 3 is 1.66 bits per heavy atom. The summed E-state index contributed by atoms with van der Waals surface area (Å²) in [5, 5.41) is 34.9. The van der Waals surface area contributed by atoms with Crippen LogP contribution in [0.5, 0.6) is 0 Å². The molecule has 1 aliphatic carbocycles. The van der Waals surface area contributed by atoms with E-state index in [9.17, 15) is 101 Å². The Labute approximate surface area is 861 Å². The normalized spacial score (nSPS) is 25.8. The number of rotatable bonds is 31. The highest BCUT2D eigenvalue weighted by molar-refractivity contribution is 7.80. The maximum Gasteiger partial charge on any atom is 0.329 e. The Balaban J connectivity index is 0.000000321. The number of carbonyl (C=O) groups is 20. The number of carbonyl (C=O) groups excluding carboxylic acids is 20. The minimum Gasteiger partial charge on any atom is -0.454 e. The summed E-state index contributed by atoms with van der Waals surface area (Å²) in [6.07, 6.45) is 9.42. The van der Waals surface area contributed by atoms with Crippen LogP contribution in [-0.2, 0) is 113 Å². The van der Waals surface area contributed by atoms with Crippen molar-refractivity contribution in [1.82, 2.24) is 82.2 Å². The molecule has 0 unspecified atom stereocenters. The number of primary amides is 2. The van der Waals surface area contributed by atoms with Crippen LogP contribution in [0, 0.1) is 17.8 Å². The van der Waals surface area contributed by atoms with Crippen molar-refractivity contribution in [1.29, 1.82) is 0 Å². The number of likely N-dealkylation sites (tertiary alicyclic amines) is 3. The molecule has 0 spiro atoms. The number of amides is 15. The highest BCUT2D eigenvalue weighted by atomic mass is 32.1. The smallest absolute Gasteiger partial charge is 0.329 e. The fourth-order valence-electron chi connectivity index (χ4n) is 19.5. The van der Waals surface area contributed by atoms with Gasteiger partial charge in [-0.2, -0.15) is 50.5 Å². The molecule has 0 saturated carbocycles. The first-order valence-corrected chi connectivity index (χ1v) is 52.6. The molecule has 6 fully saturated rings. The number of ether oxygens (including phenoxy) is 1. The minimum atomic E-state index is -1.62. The van der Waals surface area contributed by atoms with E-state index in [4.69, 9.17) is 21.9 Å². The Hall–Kier alpha value is -10.8. The van der Waals surface area contributed by atoms with E-state index in [2.05, 4.69) is 103 Å². The molecule has 3 aromatic rings. The van der Waals surface area contributed by atoms with Gasteiger partial charge in [0.25, 0.3) is 5.91 Å². The standard InChI is InChI=1S/C50H73N9O11S2.C49H72N10O11S2/c1-57(2)20-8-6-13-32-24-41(60)38(29-72)54-43(62)26-36(49(68)59-22-10-16-40(59)45(52)64)55-46(65)33(12-5-7-19-53-48(67)35(51)28-71)25-42(61)39-15-9-21-58(39)44(63)27-70-50(69)37(56-47(32)66)23-31-18-17-30-11-3-4-14-34(30)31;1-57(2)19-9-8-14-33-41(62)23-29(22-30-25-51-32-13-7-6-12-31(30)32)45(66)56-36(27-71)40(61)18-5-3-4-15-34(54-48(69)39-17-11-20-58(39)43(64)26-60)46(67)55-35(24-42(63)52-37(28-72)47(68)53-33)49(70)59-21-10-16-38(59)44(50)65/h3-4,11,14,18,32-33,35-40,71-72H,5-10,12-13,15-17,19-29,51H2,1-2H3,(H2,52,64)(H,53,67)(H,54,62)(H,55,65)(H,56,66);6-7,12-13,25,29,33-39,51,60,71-72H,3-5,8-11,14-24,26-28H2,1-2H3,(H2,50,65)(H,52,63)(H,53,68)(H,54,69)(H,55,67)(H,56,66)/t32-,33-,35+,36+,37+,38+,39+,40+;29-,33+,34+,35+,36+,37+,38+,39+/m11/s1. The second kappa shape index (κ2) is 58.5. The first kappa shape index (κ1) is 117. The highest BCUT2D eigenvalue weighted by Gasteiger charge is 2.46. The number of aliphatic hydroxyl groups is 1. The molecular formula is C99H145N19O22S4. The number of esters is 1. The molecule has 1 aromatic heterocycles. The van der Waals surface area contributed by atoms with Crippen molar-refractivity contribution in [3.05, 3.63) is 77.5 Å². The van der Waals surface area contributed by atoms with Crippen LogP contribution in [-0.4, -0.2) is 346 Å². The summed E-state index contributed by atoms with van der Waals surface area (Å²) in [4.78, 5) is 289. The van der Waals surface area contributed by atoms with Crippen LogP contribution >= 0.6 is 50.5 Å². The molecule has 45 heteroatoms. The predicted octanol–water partition coefficient (Wildman–Crippen LogP) is -0.0749. The van der Waals surface area contributed by atoms with E-state index in [0.29, 0.717) is 96.6 Å². The summed E-state index contributed by atoms with van der Waals surface area (Å²) in [7, 11) is 7.64. The third kappa shape index (κ3) is 34.4. The molecule has 792 valence electrons. The third-order valence-corrected chi connectivity index (χ3v) is 29.0. The van der Waals surface area contributed by atoms with Crippen LogP contribution in [0.3, 0.4) is 0 Å². The molecule has 10 rings (SSSR count). The van der Waals surface area contributed by atoms with E-state index in [1.165, 1.54) is 19.6 Å². The molecule has 7 aliphatic rings. The molecule has 16 atom stereocenters. The van der Waals surface area contributed by atoms with Gasteiger partial charge < -0.3 is 109 Å². The van der Waals surface area contributed by atoms with E-state index in [1.54, 1.807) is 6.20 Å². The largest absolute Gasteiger partial charge is 0.454 e. The number of fused-ring (bicyclic) bond motifs is 3. The number of benzene rings is 2. The van der Waals surface area contributed by atoms with Gasteiger partial charge in [0.1, 0.15) is 54.9 Å². The molecule has 144 heavy (non-hydrogen) atoms. The second-order valence-electron chi connectivity index (χ2n) is 38.7. The molecule has 6 saturated heterocycles. The summed E-state index contributed by atoms with van der Waals surface area (Å²) < 4.78 is 5.66. The van der Waals surface area contributed by atoms with Crippen molar-refractivity contribution in [3.63, 3.8) is 0 Å². The summed E-state index contributed by atoms with van der Waals surface area (Å²) in [5.74, 6) is -16.8. The molecule has 17 N–H and O–H groups in total. The zero-order chi connectivity index (χ0) is 105. The number of aromatic nitrogens is 1. The Morgan fingerprint density at radius 1 is 0.514 bits per heavy atom. The quantitative estimate of drug-likeness (QED) is 0.0228. The first-order chi connectivity index (χ1) is 68.9. The number of H-pyrrole nitrogens is 1. The van der Waals surface area contributed by atoms with Gasteiger partial charge in [-0.25, -0.2) is 4.79 Å². The number of para-hydroxylation sites is 1. The molecular weight excluding hydrogens is 1940 g/mol.